The van der Waals surface area contributed by atoms with E-state index in [-0.39, 0.29) is 11.8 Å². The smallest absolute Gasteiger partial charge is 0.151 e. The Morgan fingerprint density at radius 3 is 2.88 bits per heavy atom. The Balaban J connectivity index is 1.59. The molecule has 94 valence electrons. The first-order chi connectivity index (χ1) is 8.14. The van der Waals surface area contributed by atoms with Crippen molar-refractivity contribution in [3.63, 3.8) is 0 Å². The molecule has 1 saturated carbocycles. The van der Waals surface area contributed by atoms with E-state index in [1.807, 2.05) is 12.5 Å². The van der Waals surface area contributed by atoms with Gasteiger partial charge < -0.3 is 9.88 Å². The molecule has 2 heterocycles. The zero-order chi connectivity index (χ0) is 11.9. The van der Waals surface area contributed by atoms with E-state index in [1.165, 1.54) is 12.8 Å². The fraction of sp³-hybridized carbons (Fsp3) is 0.727. The van der Waals surface area contributed by atoms with Crippen molar-refractivity contribution in [2.45, 2.75) is 37.9 Å². The molecular weight excluding hydrogens is 238 g/mol. The number of nitrogens with one attached hydrogen (secondary N) is 1. The molecule has 1 N–H and O–H groups in total. The monoisotopic (exact) mass is 255 g/mol. The van der Waals surface area contributed by atoms with E-state index >= 15 is 0 Å². The van der Waals surface area contributed by atoms with Crippen molar-refractivity contribution in [2.75, 3.05) is 11.5 Å². The van der Waals surface area contributed by atoms with Crippen LogP contribution in [0.2, 0.25) is 0 Å². The fourth-order valence-corrected chi connectivity index (χ4v) is 4.06. The van der Waals surface area contributed by atoms with Crippen LogP contribution < -0.4 is 5.32 Å². The van der Waals surface area contributed by atoms with Crippen LogP contribution in [-0.2, 0) is 16.4 Å². The molecule has 17 heavy (non-hydrogen) atoms. The van der Waals surface area contributed by atoms with Crippen LogP contribution in [-0.4, -0.2) is 35.5 Å². The Morgan fingerprint density at radius 1 is 1.41 bits per heavy atom. The average Bonchev–Trinajstić information content (AvgIpc) is 2.91. The average molecular weight is 255 g/mol. The van der Waals surface area contributed by atoms with Gasteiger partial charge in [0.25, 0.3) is 0 Å². The van der Waals surface area contributed by atoms with Gasteiger partial charge in [-0.15, -0.1) is 0 Å². The maximum absolute atomic E-state index is 11.3. The van der Waals surface area contributed by atoms with E-state index in [4.69, 9.17) is 0 Å². The third-order valence-corrected chi connectivity index (χ3v) is 5.26. The number of nitrogens with zero attached hydrogens (tertiary/aromatic N) is 2. The predicted molar refractivity (Wildman–Crippen MR) is 64.4 cm³/mol. The Labute approximate surface area is 101 Å². The second-order valence-corrected chi connectivity index (χ2v) is 7.23. The molecule has 6 heteroatoms. The number of hydrogen-bond donors (Lipinski definition) is 1. The molecule has 1 aromatic rings. The van der Waals surface area contributed by atoms with Crippen LogP contribution >= 0.6 is 0 Å². The predicted octanol–water partition coefficient (Wildman–Crippen LogP) is 0.495. The molecule has 2 fully saturated rings. The van der Waals surface area contributed by atoms with Gasteiger partial charge >= 0.3 is 0 Å². The molecule has 0 amide bonds. The van der Waals surface area contributed by atoms with E-state index in [9.17, 15) is 8.42 Å². The maximum Gasteiger partial charge on any atom is 0.151 e. The van der Waals surface area contributed by atoms with Gasteiger partial charge in [-0.1, -0.05) is 0 Å². The van der Waals surface area contributed by atoms with E-state index in [1.54, 1.807) is 0 Å². The van der Waals surface area contributed by atoms with Crippen molar-refractivity contribution >= 4 is 9.84 Å². The van der Waals surface area contributed by atoms with Crippen molar-refractivity contribution in [2.24, 2.45) is 0 Å². The number of imidazole rings is 1. The maximum atomic E-state index is 11.3. The molecule has 1 saturated heterocycles. The Morgan fingerprint density at radius 2 is 2.24 bits per heavy atom. The Bertz CT molecular complexity index is 505. The number of aromatic nitrogens is 2. The molecule has 1 aliphatic heterocycles. The summed E-state index contributed by atoms with van der Waals surface area (Å²) in [5.41, 5.74) is 1.16. The minimum absolute atomic E-state index is 0.113. The third-order valence-electron chi connectivity index (χ3n) is 3.49. The summed E-state index contributed by atoms with van der Waals surface area (Å²) in [5, 5.41) is 3.32. The van der Waals surface area contributed by atoms with Crippen molar-refractivity contribution in [3.05, 3.63) is 18.2 Å². The van der Waals surface area contributed by atoms with E-state index in [0.717, 1.165) is 18.7 Å². The second kappa shape index (κ2) is 4.10. The van der Waals surface area contributed by atoms with Gasteiger partial charge in [0, 0.05) is 24.8 Å². The topological polar surface area (TPSA) is 64.0 Å². The van der Waals surface area contributed by atoms with Gasteiger partial charge in [-0.05, 0) is 19.3 Å². The Kier molecular flexibility index (Phi) is 2.71. The van der Waals surface area contributed by atoms with Gasteiger partial charge in [0.15, 0.2) is 9.84 Å². The molecule has 0 aromatic carbocycles. The van der Waals surface area contributed by atoms with E-state index in [0.29, 0.717) is 11.8 Å². The van der Waals surface area contributed by atoms with Crippen LogP contribution in [0.3, 0.4) is 0 Å². The van der Waals surface area contributed by atoms with Crippen molar-refractivity contribution in [1.29, 1.82) is 0 Å². The first kappa shape index (κ1) is 11.2. The summed E-state index contributed by atoms with van der Waals surface area (Å²) in [5.74, 6) is 0.608. The van der Waals surface area contributed by atoms with E-state index in [2.05, 4.69) is 14.9 Å². The van der Waals surface area contributed by atoms with Gasteiger partial charge in [0.2, 0.25) is 0 Å². The summed E-state index contributed by atoms with van der Waals surface area (Å²) in [6.45, 7) is 0.719. The second-order valence-electron chi connectivity index (χ2n) is 5.00. The molecule has 5 nitrogen and oxygen atoms in total. The number of rotatable bonds is 4. The summed E-state index contributed by atoms with van der Waals surface area (Å²) >= 11 is 0. The normalized spacial score (nSPS) is 27.4. The first-order valence-corrected chi connectivity index (χ1v) is 7.91. The quantitative estimate of drug-likeness (QED) is 0.850. The van der Waals surface area contributed by atoms with Gasteiger partial charge in [-0.2, -0.15) is 0 Å². The molecule has 1 aromatic heterocycles. The van der Waals surface area contributed by atoms with Crippen LogP contribution in [0.5, 0.6) is 0 Å². The minimum Gasteiger partial charge on any atom is -0.330 e. The van der Waals surface area contributed by atoms with E-state index < -0.39 is 9.84 Å². The lowest BCUT2D eigenvalue weighted by Crippen LogP contribution is -2.30. The molecule has 3 rings (SSSR count). The number of sulfone groups is 1. The molecule has 1 aliphatic carbocycles. The molecule has 1 atom stereocenters. The molecule has 0 bridgehead atoms. The summed E-state index contributed by atoms with van der Waals surface area (Å²) in [6, 6.07) is 0.740. The Hall–Kier alpha value is -0.880. The van der Waals surface area contributed by atoms with Crippen LogP contribution in [0, 0.1) is 0 Å². The molecule has 2 aliphatic rings. The summed E-state index contributed by atoms with van der Waals surface area (Å²) in [7, 11) is -2.79. The van der Waals surface area contributed by atoms with Crippen molar-refractivity contribution < 1.29 is 8.42 Å². The number of hydrogen-bond acceptors (Lipinski definition) is 4. The minimum atomic E-state index is -2.79. The lowest BCUT2D eigenvalue weighted by molar-refractivity contribution is 0.533. The standard InChI is InChI=1S/C11H17N3O2S/c15-17(16)4-3-9(7-17)13-6-11-5-12-8-14(11)10-1-2-10/h5,8-10,13H,1-4,6-7H2. The van der Waals surface area contributed by atoms with Gasteiger partial charge in [-0.3, -0.25) is 0 Å². The fourth-order valence-electron chi connectivity index (χ4n) is 2.36. The largest absolute Gasteiger partial charge is 0.330 e. The molecule has 0 spiro atoms. The third kappa shape index (κ3) is 2.52. The van der Waals surface area contributed by atoms with Crippen molar-refractivity contribution in [1.82, 2.24) is 14.9 Å². The van der Waals surface area contributed by atoms with Crippen LogP contribution in [0.1, 0.15) is 31.0 Å². The zero-order valence-electron chi connectivity index (χ0n) is 9.67. The summed E-state index contributed by atoms with van der Waals surface area (Å²) < 4.78 is 24.9. The molecule has 1 unspecified atom stereocenters. The molecular formula is C11H17N3O2S. The zero-order valence-corrected chi connectivity index (χ0v) is 10.5. The lowest BCUT2D eigenvalue weighted by Gasteiger charge is -2.12. The van der Waals surface area contributed by atoms with Gasteiger partial charge in [-0.25, -0.2) is 13.4 Å². The SMILES string of the molecule is O=S1(=O)CCC(NCc2cncn2C2CC2)C1. The molecule has 0 radical (unpaired) electrons. The van der Waals surface area contributed by atoms with Crippen LogP contribution in [0.25, 0.3) is 0 Å². The highest BCUT2D eigenvalue weighted by atomic mass is 32.2. The van der Waals surface area contributed by atoms with Crippen molar-refractivity contribution in [3.8, 4) is 0 Å². The summed E-state index contributed by atoms with van der Waals surface area (Å²) in [6.07, 6.45) is 6.96. The van der Waals surface area contributed by atoms with Crippen LogP contribution in [0.15, 0.2) is 12.5 Å². The van der Waals surface area contributed by atoms with Gasteiger partial charge in [0.05, 0.1) is 23.5 Å². The highest BCUT2D eigenvalue weighted by Crippen LogP contribution is 2.35. The first-order valence-electron chi connectivity index (χ1n) is 6.08. The highest BCUT2D eigenvalue weighted by Gasteiger charge is 2.28. The summed E-state index contributed by atoms with van der Waals surface area (Å²) in [4.78, 5) is 4.16. The van der Waals surface area contributed by atoms with Gasteiger partial charge in [0.1, 0.15) is 0 Å². The lowest BCUT2D eigenvalue weighted by atomic mass is 10.2. The highest BCUT2D eigenvalue weighted by molar-refractivity contribution is 7.91. The van der Waals surface area contributed by atoms with Crippen LogP contribution in [0.4, 0.5) is 0 Å².